The highest BCUT2D eigenvalue weighted by molar-refractivity contribution is 14.0. The molecule has 9 heteroatoms. The Morgan fingerprint density at radius 1 is 1.41 bits per heavy atom. The lowest BCUT2D eigenvalue weighted by Crippen LogP contribution is -2.44. The van der Waals surface area contributed by atoms with Crippen LogP contribution in [0.25, 0.3) is 0 Å². The number of hydrogen-bond acceptors (Lipinski definition) is 5. The summed E-state index contributed by atoms with van der Waals surface area (Å²) < 4.78 is 5.48. The molecule has 0 aromatic carbocycles. The van der Waals surface area contributed by atoms with Crippen molar-refractivity contribution in [1.82, 2.24) is 20.8 Å². The first kappa shape index (κ1) is 23.7. The second-order valence-electron chi connectivity index (χ2n) is 7.04. The van der Waals surface area contributed by atoms with E-state index in [0.29, 0.717) is 17.5 Å². The number of halogens is 2. The Kier molecular flexibility index (Phi) is 9.48. The monoisotopic (exact) mass is 532 g/mol. The summed E-state index contributed by atoms with van der Waals surface area (Å²) in [6, 6.07) is 6.04. The van der Waals surface area contributed by atoms with Gasteiger partial charge in [0.2, 0.25) is 0 Å². The van der Waals surface area contributed by atoms with Gasteiger partial charge in [-0.15, -0.1) is 24.0 Å². The number of aliphatic imine (C=N–C) groups is 1. The maximum atomic E-state index is 6.27. The molecule has 0 bridgehead atoms. The van der Waals surface area contributed by atoms with E-state index < -0.39 is 0 Å². The van der Waals surface area contributed by atoms with Crippen molar-refractivity contribution >= 4 is 47.4 Å². The minimum atomic E-state index is 0. The zero-order valence-electron chi connectivity index (χ0n) is 17.2. The number of nitrogens with zero attached hydrogens (tertiary/aromatic N) is 4. The van der Waals surface area contributed by atoms with E-state index in [4.69, 9.17) is 16.1 Å². The molecule has 2 aromatic rings. The molecule has 160 valence electrons. The average Bonchev–Trinajstić information content (AvgIpc) is 3.36. The fraction of sp³-hybridized carbons (Fsp3) is 0.550. The van der Waals surface area contributed by atoms with E-state index >= 15 is 0 Å². The van der Waals surface area contributed by atoms with Crippen molar-refractivity contribution in [2.45, 2.75) is 51.6 Å². The number of aromatic nitrogens is 2. The molecule has 1 fully saturated rings. The summed E-state index contributed by atoms with van der Waals surface area (Å²) in [7, 11) is 1.77. The van der Waals surface area contributed by atoms with Crippen LogP contribution in [0, 0.1) is 0 Å². The molecule has 0 aliphatic carbocycles. The fourth-order valence-corrected chi connectivity index (χ4v) is 3.79. The Bertz CT molecular complexity index is 795. The topological polar surface area (TPSA) is 78.6 Å². The molecule has 1 aliphatic heterocycles. The van der Waals surface area contributed by atoms with Crippen LogP contribution >= 0.6 is 35.6 Å². The average molecular weight is 533 g/mol. The quantitative estimate of drug-likeness (QED) is 0.316. The van der Waals surface area contributed by atoms with Crippen molar-refractivity contribution in [3.8, 4) is 0 Å². The largest absolute Gasteiger partial charge is 0.359 e. The van der Waals surface area contributed by atoms with Crippen LogP contribution in [0.2, 0.25) is 5.02 Å². The lowest BCUT2D eigenvalue weighted by atomic mass is 9.99. The van der Waals surface area contributed by atoms with E-state index in [1.165, 1.54) is 0 Å². The smallest absolute Gasteiger partial charge is 0.191 e. The van der Waals surface area contributed by atoms with Crippen LogP contribution in [0.5, 0.6) is 0 Å². The van der Waals surface area contributed by atoms with E-state index in [2.05, 4.69) is 44.5 Å². The molecule has 1 unspecified atom stereocenters. The maximum Gasteiger partial charge on any atom is 0.191 e. The molecule has 2 aromatic heterocycles. The van der Waals surface area contributed by atoms with Gasteiger partial charge in [-0.1, -0.05) is 30.6 Å². The molecule has 0 saturated carbocycles. The second kappa shape index (κ2) is 11.6. The Morgan fingerprint density at radius 3 is 2.90 bits per heavy atom. The number of nitrogens with one attached hydrogen (secondary N) is 2. The third-order valence-electron chi connectivity index (χ3n) is 5.20. The summed E-state index contributed by atoms with van der Waals surface area (Å²) in [6.45, 7) is 6.64. The van der Waals surface area contributed by atoms with E-state index in [-0.39, 0.29) is 30.0 Å². The molecule has 3 rings (SSSR count). The predicted octanol–water partition coefficient (Wildman–Crippen LogP) is 4.19. The Hall–Kier alpha value is -1.55. The van der Waals surface area contributed by atoms with Gasteiger partial charge in [0, 0.05) is 44.4 Å². The van der Waals surface area contributed by atoms with Crippen LogP contribution in [-0.2, 0) is 6.54 Å². The van der Waals surface area contributed by atoms with E-state index in [9.17, 15) is 0 Å². The van der Waals surface area contributed by atoms with Gasteiger partial charge in [-0.05, 0) is 31.4 Å². The molecule has 0 spiro atoms. The van der Waals surface area contributed by atoms with Crippen LogP contribution in [0.3, 0.4) is 0 Å². The molecule has 7 nitrogen and oxygen atoms in total. The lowest BCUT2D eigenvalue weighted by molar-refractivity contribution is 0.368. The van der Waals surface area contributed by atoms with Crippen molar-refractivity contribution in [3.63, 3.8) is 0 Å². The Morgan fingerprint density at radius 2 is 2.21 bits per heavy atom. The lowest BCUT2D eigenvalue weighted by Gasteiger charge is -2.20. The van der Waals surface area contributed by atoms with E-state index in [0.717, 1.165) is 55.6 Å². The molecule has 0 amide bonds. The summed E-state index contributed by atoms with van der Waals surface area (Å²) in [5.41, 5.74) is 1.03. The number of anilines is 1. The van der Waals surface area contributed by atoms with Crippen LogP contribution in [-0.4, -0.2) is 42.3 Å². The van der Waals surface area contributed by atoms with Crippen LogP contribution in [0.1, 0.15) is 50.5 Å². The summed E-state index contributed by atoms with van der Waals surface area (Å²) in [5.74, 6) is 2.86. The molecule has 29 heavy (non-hydrogen) atoms. The van der Waals surface area contributed by atoms with Crippen molar-refractivity contribution in [3.05, 3.63) is 40.9 Å². The first-order valence-electron chi connectivity index (χ1n) is 9.92. The third kappa shape index (κ3) is 6.21. The normalized spacial score (nSPS) is 16.8. The third-order valence-corrected chi connectivity index (χ3v) is 5.50. The van der Waals surface area contributed by atoms with Crippen LogP contribution < -0.4 is 15.5 Å². The highest BCUT2D eigenvalue weighted by Gasteiger charge is 2.25. The first-order valence-corrected chi connectivity index (χ1v) is 10.3. The van der Waals surface area contributed by atoms with Crippen molar-refractivity contribution in [2.75, 3.05) is 25.0 Å². The number of pyridine rings is 1. The second-order valence-corrected chi connectivity index (χ2v) is 7.45. The predicted molar refractivity (Wildman–Crippen MR) is 128 cm³/mol. The summed E-state index contributed by atoms with van der Waals surface area (Å²) in [5, 5.41) is 11.7. The SMILES string of the molecule is CCC(CC)c1cc(CNC(=NC)NC2CCN(c3ncccc3Cl)C2)on1.I. The fourth-order valence-electron chi connectivity index (χ4n) is 3.55. The molecular weight excluding hydrogens is 503 g/mol. The molecular formula is C20H30ClIN6O. The van der Waals surface area contributed by atoms with Gasteiger partial charge in [0.15, 0.2) is 11.7 Å². The summed E-state index contributed by atoms with van der Waals surface area (Å²) in [6.07, 6.45) is 4.90. The highest BCUT2D eigenvalue weighted by atomic mass is 127. The van der Waals surface area contributed by atoms with E-state index in [1.54, 1.807) is 13.2 Å². The minimum absolute atomic E-state index is 0. The van der Waals surface area contributed by atoms with Gasteiger partial charge in [-0.3, -0.25) is 4.99 Å². The van der Waals surface area contributed by atoms with Gasteiger partial charge in [-0.2, -0.15) is 0 Å². The van der Waals surface area contributed by atoms with Gasteiger partial charge in [-0.25, -0.2) is 4.98 Å². The van der Waals surface area contributed by atoms with Gasteiger partial charge < -0.3 is 20.1 Å². The zero-order valence-corrected chi connectivity index (χ0v) is 20.3. The maximum absolute atomic E-state index is 6.27. The Labute approximate surface area is 194 Å². The minimum Gasteiger partial charge on any atom is -0.359 e. The van der Waals surface area contributed by atoms with Crippen molar-refractivity contribution < 1.29 is 4.52 Å². The summed E-state index contributed by atoms with van der Waals surface area (Å²) in [4.78, 5) is 10.9. The van der Waals surface area contributed by atoms with E-state index in [1.807, 2.05) is 18.2 Å². The molecule has 1 aliphatic rings. The van der Waals surface area contributed by atoms with Crippen molar-refractivity contribution in [2.24, 2.45) is 4.99 Å². The van der Waals surface area contributed by atoms with Gasteiger partial charge in [0.05, 0.1) is 17.3 Å². The van der Waals surface area contributed by atoms with Gasteiger partial charge in [0.25, 0.3) is 0 Å². The molecule has 0 radical (unpaired) electrons. The standard InChI is InChI=1S/C20H29ClN6O.HI/c1-4-14(5-2)18-11-16(28-26-18)12-24-20(22-3)25-15-8-10-27(13-15)19-17(21)7-6-9-23-19;/h6-7,9,11,14-15H,4-5,8,10,12-13H2,1-3H3,(H2,22,24,25);1H. The number of hydrogen-bond donors (Lipinski definition) is 2. The zero-order chi connectivity index (χ0) is 19.9. The molecule has 1 atom stereocenters. The highest BCUT2D eigenvalue weighted by Crippen LogP contribution is 2.26. The Balaban J connectivity index is 0.00000300. The molecule has 3 heterocycles. The molecule has 2 N–H and O–H groups in total. The van der Waals surface area contributed by atoms with Crippen LogP contribution in [0.4, 0.5) is 5.82 Å². The van der Waals surface area contributed by atoms with Crippen molar-refractivity contribution in [1.29, 1.82) is 0 Å². The van der Waals surface area contributed by atoms with Crippen LogP contribution in [0.15, 0.2) is 33.9 Å². The number of guanidine groups is 1. The van der Waals surface area contributed by atoms with Gasteiger partial charge >= 0.3 is 0 Å². The molecule has 1 saturated heterocycles. The van der Waals surface area contributed by atoms with Gasteiger partial charge in [0.1, 0.15) is 5.82 Å². The first-order chi connectivity index (χ1) is 13.6. The number of rotatable bonds is 7. The summed E-state index contributed by atoms with van der Waals surface area (Å²) >= 11 is 6.27.